The number of allylic oxidation sites excluding steroid dienone is 3. The molecule has 3 aliphatic rings. The molecular weight excluding hydrogens is 626 g/mol. The number of hydrogen-bond donors (Lipinski definition) is 1. The molecular formula is C39H67NO9. The van der Waals surface area contributed by atoms with Gasteiger partial charge in [-0.05, 0) is 76.3 Å². The predicted molar refractivity (Wildman–Crippen MR) is 190 cm³/mol. The first-order valence-corrected chi connectivity index (χ1v) is 18.5. The molecule has 15 atom stereocenters. The molecule has 3 heterocycles. The van der Waals surface area contributed by atoms with Crippen molar-refractivity contribution in [1.29, 1.82) is 0 Å². The van der Waals surface area contributed by atoms with Gasteiger partial charge in [-0.25, -0.2) is 0 Å². The summed E-state index contributed by atoms with van der Waals surface area (Å²) < 4.78 is 38.1. The van der Waals surface area contributed by atoms with Gasteiger partial charge in [-0.15, -0.1) is 0 Å². The molecule has 282 valence electrons. The average Bonchev–Trinajstić information content (AvgIpc) is 3.00. The van der Waals surface area contributed by atoms with Gasteiger partial charge in [0.2, 0.25) is 0 Å². The Kier molecular flexibility index (Phi) is 16.0. The Labute approximate surface area is 296 Å². The molecule has 49 heavy (non-hydrogen) atoms. The highest BCUT2D eigenvalue weighted by molar-refractivity contribution is 5.70. The highest BCUT2D eigenvalue weighted by Crippen LogP contribution is 2.42. The molecule has 2 fully saturated rings. The van der Waals surface area contributed by atoms with Crippen molar-refractivity contribution in [2.45, 2.75) is 156 Å². The molecule has 2 saturated heterocycles. The third-order valence-electron chi connectivity index (χ3n) is 11.5. The molecule has 10 heteroatoms. The third kappa shape index (κ3) is 11.2. The van der Waals surface area contributed by atoms with Crippen LogP contribution in [0.1, 0.15) is 94.4 Å². The lowest BCUT2D eigenvalue weighted by Crippen LogP contribution is -2.65. The van der Waals surface area contributed by atoms with Crippen molar-refractivity contribution in [3.8, 4) is 0 Å². The van der Waals surface area contributed by atoms with Crippen molar-refractivity contribution in [1.82, 2.24) is 4.90 Å². The summed E-state index contributed by atoms with van der Waals surface area (Å²) in [7, 11) is 5.42. The van der Waals surface area contributed by atoms with Crippen molar-refractivity contribution in [3.63, 3.8) is 0 Å². The minimum atomic E-state index is -1.09. The quantitative estimate of drug-likeness (QED) is 0.242. The Morgan fingerprint density at radius 2 is 1.65 bits per heavy atom. The van der Waals surface area contributed by atoms with Crippen LogP contribution in [0.5, 0.6) is 0 Å². The van der Waals surface area contributed by atoms with Gasteiger partial charge in [-0.3, -0.25) is 4.79 Å². The van der Waals surface area contributed by atoms with E-state index in [2.05, 4.69) is 47.6 Å². The van der Waals surface area contributed by atoms with E-state index in [9.17, 15) is 14.7 Å². The van der Waals surface area contributed by atoms with Crippen molar-refractivity contribution < 1.29 is 43.1 Å². The van der Waals surface area contributed by atoms with Gasteiger partial charge < -0.3 is 43.2 Å². The number of hydrogen-bond acceptors (Lipinski definition) is 10. The zero-order chi connectivity index (χ0) is 36.6. The summed E-state index contributed by atoms with van der Waals surface area (Å²) in [5.74, 6) is -0.0977. The van der Waals surface area contributed by atoms with E-state index in [0.717, 1.165) is 12.7 Å². The maximum Gasteiger partial charge on any atom is 0.306 e. The minimum Gasteiger partial charge on any atom is -0.462 e. The number of methoxy groups -OCH3 is 1. The van der Waals surface area contributed by atoms with E-state index in [-0.39, 0.29) is 60.1 Å². The number of ether oxygens (including phenoxy) is 6. The van der Waals surface area contributed by atoms with Crippen LogP contribution in [-0.4, -0.2) is 105 Å². The molecule has 4 unspecified atom stereocenters. The Hall–Kier alpha value is -1.66. The van der Waals surface area contributed by atoms with E-state index in [4.69, 9.17) is 28.4 Å². The fourth-order valence-electron chi connectivity index (χ4n) is 7.78. The highest BCUT2D eigenvalue weighted by Gasteiger charge is 2.50. The normalized spacial score (nSPS) is 44.2. The van der Waals surface area contributed by atoms with Gasteiger partial charge in [0.25, 0.3) is 0 Å². The molecule has 3 rings (SSSR count). The van der Waals surface area contributed by atoms with E-state index < -0.39 is 49.1 Å². The second-order valence-corrected chi connectivity index (χ2v) is 16.1. The van der Waals surface area contributed by atoms with Crippen LogP contribution in [0.15, 0.2) is 24.3 Å². The largest absolute Gasteiger partial charge is 0.462 e. The summed E-state index contributed by atoms with van der Waals surface area (Å²) in [6, 6.07) is -0.474. The number of aldehydes is 1. The SMILES string of the molecule is CO[C@@H]1[C@@H](O[C@@H]2O[C@H](C)C(O[C@H]3CC(C)(C)C(C)[C@H](C)O3)C(N(C)C)C2O)[C@@H](CC=O)C[C@@H](C)[C@@H](C)/C=C/C=C/C[C@@H](C)OC(=O)C[C@H]1C. The molecule has 0 aliphatic carbocycles. The maximum atomic E-state index is 13.0. The number of carbonyl (C=O) groups excluding carboxylic acids is 2. The predicted octanol–water partition coefficient (Wildman–Crippen LogP) is 5.95. The first-order chi connectivity index (χ1) is 23.0. The molecule has 1 N–H and O–H groups in total. The summed E-state index contributed by atoms with van der Waals surface area (Å²) in [6.45, 7) is 18.9. The summed E-state index contributed by atoms with van der Waals surface area (Å²) in [6.07, 6.45) is 6.43. The molecule has 0 spiro atoms. The lowest BCUT2D eigenvalue weighted by atomic mass is 9.73. The van der Waals surface area contributed by atoms with Crippen LogP contribution in [0.25, 0.3) is 0 Å². The second-order valence-electron chi connectivity index (χ2n) is 16.1. The first-order valence-electron chi connectivity index (χ1n) is 18.5. The summed E-state index contributed by atoms with van der Waals surface area (Å²) >= 11 is 0. The fourth-order valence-corrected chi connectivity index (χ4v) is 7.78. The molecule has 3 aliphatic heterocycles. The van der Waals surface area contributed by atoms with Gasteiger partial charge in [0.15, 0.2) is 12.6 Å². The van der Waals surface area contributed by atoms with Crippen LogP contribution < -0.4 is 0 Å². The molecule has 0 aromatic carbocycles. The topological polar surface area (TPSA) is 113 Å². The van der Waals surface area contributed by atoms with E-state index in [1.165, 1.54) is 0 Å². The van der Waals surface area contributed by atoms with Crippen molar-refractivity contribution in [2.24, 2.45) is 35.0 Å². The van der Waals surface area contributed by atoms with Gasteiger partial charge in [-0.2, -0.15) is 0 Å². The third-order valence-corrected chi connectivity index (χ3v) is 11.5. The smallest absolute Gasteiger partial charge is 0.306 e. The highest BCUT2D eigenvalue weighted by atomic mass is 16.7. The Bertz CT molecular complexity index is 1090. The van der Waals surface area contributed by atoms with E-state index in [1.807, 2.05) is 58.0 Å². The monoisotopic (exact) mass is 693 g/mol. The van der Waals surface area contributed by atoms with Crippen LogP contribution in [0.2, 0.25) is 0 Å². The van der Waals surface area contributed by atoms with Crippen molar-refractivity contribution in [2.75, 3.05) is 21.2 Å². The van der Waals surface area contributed by atoms with Gasteiger partial charge >= 0.3 is 5.97 Å². The molecule has 0 bridgehead atoms. The zero-order valence-corrected chi connectivity index (χ0v) is 32.2. The van der Waals surface area contributed by atoms with Crippen LogP contribution in [-0.2, 0) is 38.0 Å². The molecule has 0 aromatic heterocycles. The maximum absolute atomic E-state index is 13.0. The van der Waals surface area contributed by atoms with Crippen LogP contribution >= 0.6 is 0 Å². The number of esters is 1. The van der Waals surface area contributed by atoms with Gasteiger partial charge in [-0.1, -0.05) is 65.8 Å². The fraction of sp³-hybridized carbons (Fsp3) is 0.846. The molecule has 10 nitrogen and oxygen atoms in total. The van der Waals surface area contributed by atoms with Gasteiger partial charge in [0, 0.05) is 26.4 Å². The second kappa shape index (κ2) is 18.7. The van der Waals surface area contributed by atoms with E-state index in [1.54, 1.807) is 7.11 Å². The summed E-state index contributed by atoms with van der Waals surface area (Å²) in [5.41, 5.74) is 0.0220. The molecule has 0 amide bonds. The lowest BCUT2D eigenvalue weighted by Gasteiger charge is -2.50. The standard InChI is InChI=1S/C39H67NO9/c1-23-16-14-13-15-17-26(4)45-31(42)21-25(3)35(44-12)37(30(18-19-41)20-24(23)2)49-38-34(43)33(40(10)11)36(29(7)47-38)48-32-22-39(8,9)27(5)28(6)46-32/h13-16,19,23-30,32-38,43H,17-18,20-22H2,1-12H3/b15-13+,16-14+/t23-,24+,25+,26+,27?,28-,29+,30-,32-,33?,34?,35-,36?,37-,38-/m0/s1. The van der Waals surface area contributed by atoms with Crippen molar-refractivity contribution >= 4 is 12.3 Å². The van der Waals surface area contributed by atoms with Gasteiger partial charge in [0.1, 0.15) is 24.6 Å². The van der Waals surface area contributed by atoms with E-state index >= 15 is 0 Å². The molecule has 0 aromatic rings. The van der Waals surface area contributed by atoms with Crippen LogP contribution in [0.4, 0.5) is 0 Å². The number of cyclic esters (lactones) is 1. The number of aliphatic hydroxyl groups is 1. The van der Waals surface area contributed by atoms with Gasteiger partial charge in [0.05, 0.1) is 36.9 Å². The summed E-state index contributed by atoms with van der Waals surface area (Å²) in [5, 5.41) is 12.0. The Morgan fingerprint density at radius 3 is 2.27 bits per heavy atom. The molecule has 0 saturated carbocycles. The van der Waals surface area contributed by atoms with E-state index in [0.29, 0.717) is 18.8 Å². The average molecular weight is 694 g/mol. The Balaban J connectivity index is 1.94. The first kappa shape index (κ1) is 41.8. The van der Waals surface area contributed by atoms with Crippen LogP contribution in [0.3, 0.4) is 0 Å². The van der Waals surface area contributed by atoms with Crippen molar-refractivity contribution in [3.05, 3.63) is 24.3 Å². The zero-order valence-electron chi connectivity index (χ0n) is 32.2. The minimum absolute atomic E-state index is 0.0220. The number of likely N-dealkylation sites (N-methyl/N-ethyl adjacent to an activating group) is 1. The number of carbonyl (C=O) groups is 2. The number of aliphatic hydroxyl groups excluding tert-OH is 1. The van der Waals surface area contributed by atoms with Crippen LogP contribution in [0, 0.1) is 35.0 Å². The number of nitrogens with zero attached hydrogens (tertiary/aromatic N) is 1. The number of rotatable bonds is 8. The molecule has 0 radical (unpaired) electrons. The summed E-state index contributed by atoms with van der Waals surface area (Å²) in [4.78, 5) is 27.2. The lowest BCUT2D eigenvalue weighted by molar-refractivity contribution is -0.337. The Morgan fingerprint density at radius 1 is 0.959 bits per heavy atom.